The van der Waals surface area contributed by atoms with Crippen LogP contribution in [-0.2, 0) is 10.0 Å². The van der Waals surface area contributed by atoms with Gasteiger partial charge in [0.1, 0.15) is 5.00 Å². The molecule has 0 aromatic carbocycles. The van der Waals surface area contributed by atoms with Crippen molar-refractivity contribution in [3.63, 3.8) is 0 Å². The number of sulfonamides is 1. The molecule has 0 radical (unpaired) electrons. The van der Waals surface area contributed by atoms with Crippen molar-refractivity contribution in [2.24, 2.45) is 5.92 Å². The van der Waals surface area contributed by atoms with E-state index in [1.807, 2.05) is 0 Å². The molecule has 0 aliphatic heterocycles. The Kier molecular flexibility index (Phi) is 5.11. The average molecular weight is 332 g/mol. The van der Waals surface area contributed by atoms with E-state index in [9.17, 15) is 8.42 Å². The van der Waals surface area contributed by atoms with Gasteiger partial charge in [-0.05, 0) is 36.7 Å². The minimum Gasteiger partial charge on any atom is -0.382 e. The highest BCUT2D eigenvalue weighted by atomic mass is 32.2. The molecule has 1 aromatic rings. The second kappa shape index (κ2) is 6.50. The lowest BCUT2D eigenvalue weighted by atomic mass is 10.0. The zero-order valence-corrected chi connectivity index (χ0v) is 14.4. The van der Waals surface area contributed by atoms with Crippen molar-refractivity contribution >= 4 is 32.4 Å². The maximum atomic E-state index is 12.4. The third kappa shape index (κ3) is 3.67. The minimum atomic E-state index is -3.57. The van der Waals surface area contributed by atoms with Crippen molar-refractivity contribution in [2.45, 2.75) is 50.0 Å². The van der Waals surface area contributed by atoms with Gasteiger partial charge in [-0.3, -0.25) is 0 Å². The number of nitrogens with one attached hydrogen (secondary N) is 1. The second-order valence-electron chi connectivity index (χ2n) is 5.97. The lowest BCUT2D eigenvalue weighted by Crippen LogP contribution is -2.25. The summed E-state index contributed by atoms with van der Waals surface area (Å²) in [6.45, 7) is 2.27. The Hall–Kier alpha value is -0.860. The van der Waals surface area contributed by atoms with Crippen LogP contribution >= 0.6 is 11.5 Å². The number of nitrogens with zero attached hydrogens (tertiary/aromatic N) is 2. The molecular weight excluding hydrogens is 308 g/mol. The molecule has 6 nitrogen and oxygen atoms in total. The van der Waals surface area contributed by atoms with Crippen molar-refractivity contribution in [3.8, 4) is 0 Å². The summed E-state index contributed by atoms with van der Waals surface area (Å²) in [5.41, 5.74) is 5.78. The summed E-state index contributed by atoms with van der Waals surface area (Å²) >= 11 is 1.13. The van der Waals surface area contributed by atoms with E-state index in [1.165, 1.54) is 37.7 Å². The summed E-state index contributed by atoms with van der Waals surface area (Å²) in [6.07, 6.45) is 5.69. The van der Waals surface area contributed by atoms with E-state index in [0.29, 0.717) is 11.0 Å². The smallest absolute Gasteiger partial charge is 0.249 e. The predicted molar refractivity (Wildman–Crippen MR) is 87.1 cm³/mol. The van der Waals surface area contributed by atoms with Gasteiger partial charge >= 0.3 is 0 Å². The molecule has 2 rings (SSSR count). The van der Waals surface area contributed by atoms with Crippen LogP contribution < -0.4 is 11.1 Å². The molecule has 1 saturated carbocycles. The number of anilines is 2. The molecule has 8 heteroatoms. The van der Waals surface area contributed by atoms with Crippen LogP contribution in [0.3, 0.4) is 0 Å². The summed E-state index contributed by atoms with van der Waals surface area (Å²) in [7, 11) is -0.565. The topological polar surface area (TPSA) is 88.3 Å². The van der Waals surface area contributed by atoms with E-state index in [0.717, 1.165) is 30.3 Å². The highest BCUT2D eigenvalue weighted by Gasteiger charge is 2.29. The fraction of sp³-hybridized carbons (Fsp3) is 0.769. The maximum absolute atomic E-state index is 12.4. The molecule has 1 aromatic heterocycles. The molecular formula is C13H24N4O2S2. The standard InChI is InChI=1S/C13H24N4O2S2/c1-9-5-4-6-10(8-7-9)15-13-11(12(14)16-20-13)21(18,19)17(2)3/h9-10,15H,4-8H2,1-3H3,(H2,14,16). The fourth-order valence-electron chi connectivity index (χ4n) is 2.63. The van der Waals surface area contributed by atoms with E-state index in [1.54, 1.807) is 0 Å². The van der Waals surface area contributed by atoms with Crippen molar-refractivity contribution < 1.29 is 8.42 Å². The van der Waals surface area contributed by atoms with Gasteiger partial charge in [0, 0.05) is 20.1 Å². The maximum Gasteiger partial charge on any atom is 0.249 e. The Labute approximate surface area is 130 Å². The number of nitrogen functional groups attached to an aromatic ring is 1. The summed E-state index contributed by atoms with van der Waals surface area (Å²) in [5.74, 6) is 0.825. The van der Waals surface area contributed by atoms with Crippen LogP contribution in [0.4, 0.5) is 10.8 Å². The minimum absolute atomic E-state index is 0.0817. The van der Waals surface area contributed by atoms with E-state index >= 15 is 0 Å². The van der Waals surface area contributed by atoms with Crippen LogP contribution in [0.1, 0.15) is 39.0 Å². The molecule has 1 heterocycles. The molecule has 2 atom stereocenters. The monoisotopic (exact) mass is 332 g/mol. The molecule has 0 saturated heterocycles. The van der Waals surface area contributed by atoms with Crippen molar-refractivity contribution in [1.29, 1.82) is 0 Å². The Morgan fingerprint density at radius 2 is 2.00 bits per heavy atom. The zero-order chi connectivity index (χ0) is 15.6. The van der Waals surface area contributed by atoms with Gasteiger partial charge in [0.05, 0.1) is 0 Å². The normalized spacial score (nSPS) is 24.0. The first-order valence-corrected chi connectivity index (χ1v) is 9.48. The molecule has 2 unspecified atom stereocenters. The number of nitrogens with two attached hydrogens (primary N) is 1. The molecule has 0 amide bonds. The van der Waals surface area contributed by atoms with Gasteiger partial charge in [0.15, 0.2) is 10.7 Å². The van der Waals surface area contributed by atoms with Crippen LogP contribution in [0.2, 0.25) is 0 Å². The quantitative estimate of drug-likeness (QED) is 0.826. The van der Waals surface area contributed by atoms with E-state index in [-0.39, 0.29) is 10.7 Å². The second-order valence-corrected chi connectivity index (χ2v) is 8.83. The van der Waals surface area contributed by atoms with Gasteiger partial charge in [-0.1, -0.05) is 19.8 Å². The zero-order valence-electron chi connectivity index (χ0n) is 12.8. The summed E-state index contributed by atoms with van der Waals surface area (Å²) in [5, 5.41) is 3.93. The van der Waals surface area contributed by atoms with Crippen LogP contribution in [0.15, 0.2) is 4.90 Å². The van der Waals surface area contributed by atoms with Crippen molar-refractivity contribution in [1.82, 2.24) is 8.68 Å². The van der Waals surface area contributed by atoms with Crippen molar-refractivity contribution in [3.05, 3.63) is 0 Å². The van der Waals surface area contributed by atoms with Crippen LogP contribution in [0, 0.1) is 5.92 Å². The number of hydrogen-bond acceptors (Lipinski definition) is 6. The number of aromatic nitrogens is 1. The molecule has 1 aliphatic carbocycles. The van der Waals surface area contributed by atoms with E-state index in [2.05, 4.69) is 16.6 Å². The first-order chi connectivity index (χ1) is 9.82. The van der Waals surface area contributed by atoms with Crippen LogP contribution in [0.5, 0.6) is 0 Å². The fourth-order valence-corrected chi connectivity index (χ4v) is 4.78. The Bertz CT molecular complexity index is 583. The largest absolute Gasteiger partial charge is 0.382 e. The molecule has 3 N–H and O–H groups in total. The first-order valence-electron chi connectivity index (χ1n) is 7.26. The molecule has 0 bridgehead atoms. The van der Waals surface area contributed by atoms with E-state index < -0.39 is 10.0 Å². The lowest BCUT2D eigenvalue weighted by molar-refractivity contribution is 0.501. The van der Waals surface area contributed by atoms with Crippen LogP contribution in [0.25, 0.3) is 0 Å². The third-order valence-electron chi connectivity index (χ3n) is 4.01. The summed E-state index contributed by atoms with van der Waals surface area (Å²) in [4.78, 5) is 0.120. The molecule has 1 aliphatic rings. The van der Waals surface area contributed by atoms with Gasteiger partial charge in [-0.25, -0.2) is 12.7 Å². The Balaban J connectivity index is 2.22. The molecule has 21 heavy (non-hydrogen) atoms. The SMILES string of the molecule is CC1CCCC(Nc2snc(N)c2S(=O)(=O)N(C)C)CC1. The Morgan fingerprint density at radius 3 is 2.67 bits per heavy atom. The molecule has 120 valence electrons. The van der Waals surface area contributed by atoms with Gasteiger partial charge < -0.3 is 11.1 Å². The number of hydrogen-bond donors (Lipinski definition) is 2. The summed E-state index contributed by atoms with van der Waals surface area (Å²) < 4.78 is 29.9. The van der Waals surface area contributed by atoms with Crippen LogP contribution in [-0.4, -0.2) is 37.2 Å². The third-order valence-corrected chi connectivity index (χ3v) is 6.82. The van der Waals surface area contributed by atoms with Gasteiger partial charge in [-0.15, -0.1) is 0 Å². The van der Waals surface area contributed by atoms with Crippen molar-refractivity contribution in [2.75, 3.05) is 25.1 Å². The van der Waals surface area contributed by atoms with Gasteiger partial charge in [0.2, 0.25) is 10.0 Å². The highest BCUT2D eigenvalue weighted by molar-refractivity contribution is 7.89. The van der Waals surface area contributed by atoms with Gasteiger partial charge in [0.25, 0.3) is 0 Å². The van der Waals surface area contributed by atoms with Gasteiger partial charge in [-0.2, -0.15) is 4.37 Å². The predicted octanol–water partition coefficient (Wildman–Crippen LogP) is 2.36. The molecule has 1 fully saturated rings. The molecule has 0 spiro atoms. The lowest BCUT2D eigenvalue weighted by Gasteiger charge is -2.18. The number of rotatable bonds is 4. The Morgan fingerprint density at radius 1 is 1.29 bits per heavy atom. The summed E-state index contributed by atoms with van der Waals surface area (Å²) in [6, 6.07) is 0.297. The first kappa shape index (κ1) is 16.5. The average Bonchev–Trinajstić information content (AvgIpc) is 2.64. The van der Waals surface area contributed by atoms with E-state index in [4.69, 9.17) is 5.73 Å². The highest BCUT2D eigenvalue weighted by Crippen LogP contribution is 2.35.